The summed E-state index contributed by atoms with van der Waals surface area (Å²) in [5, 5.41) is 12.3. The van der Waals surface area contributed by atoms with E-state index in [1.165, 1.54) is 14.6 Å². The number of thiazole rings is 1. The number of phenols is 1. The lowest BCUT2D eigenvalue weighted by molar-refractivity contribution is -0.918. The zero-order valence-electron chi connectivity index (χ0n) is 17.0. The Bertz CT molecular complexity index is 1240. The Kier molecular flexibility index (Phi) is 5.05. The number of benzene rings is 2. The first kappa shape index (κ1) is 19.3. The Balaban J connectivity index is 1.35. The second-order valence-corrected chi connectivity index (χ2v) is 9.20. The topological polar surface area (TPSA) is 67.8 Å². The molecule has 2 aromatic carbocycles. The maximum absolute atomic E-state index is 12.1. The van der Waals surface area contributed by atoms with Crippen molar-refractivity contribution in [1.29, 1.82) is 0 Å². The van der Waals surface area contributed by atoms with Crippen LogP contribution in [0, 0.1) is 0 Å². The number of quaternary nitrogens is 1. The summed E-state index contributed by atoms with van der Waals surface area (Å²) >= 11 is 1.82. The van der Waals surface area contributed by atoms with E-state index < -0.39 is 0 Å². The molecule has 0 spiro atoms. The lowest BCUT2D eigenvalue weighted by atomic mass is 9.96. The van der Waals surface area contributed by atoms with Gasteiger partial charge in [0.05, 0.1) is 28.3 Å². The SMILES string of the molecule is CCc1cc2c(C[NH+]3CCC(c4nc5ccccc5s4)CC3)cc(=O)oc2cc1O. The van der Waals surface area contributed by atoms with Crippen LogP contribution in [0.15, 0.2) is 51.7 Å². The number of rotatable bonds is 4. The van der Waals surface area contributed by atoms with E-state index in [1.54, 1.807) is 12.1 Å². The number of hydrogen-bond acceptors (Lipinski definition) is 5. The molecule has 1 aliphatic heterocycles. The second-order valence-electron chi connectivity index (χ2n) is 8.14. The normalized spacial score (nSPS) is 19.5. The number of aromatic nitrogens is 1. The molecule has 0 radical (unpaired) electrons. The minimum atomic E-state index is -0.357. The molecule has 0 atom stereocenters. The van der Waals surface area contributed by atoms with Gasteiger partial charge in [-0.15, -0.1) is 11.3 Å². The smallest absolute Gasteiger partial charge is 0.336 e. The van der Waals surface area contributed by atoms with Crippen molar-refractivity contribution in [3.8, 4) is 5.75 Å². The van der Waals surface area contributed by atoms with Crippen molar-refractivity contribution < 1.29 is 14.4 Å². The number of aromatic hydroxyl groups is 1. The van der Waals surface area contributed by atoms with E-state index in [-0.39, 0.29) is 11.4 Å². The summed E-state index contributed by atoms with van der Waals surface area (Å²) in [5.74, 6) is 0.710. The maximum Gasteiger partial charge on any atom is 0.336 e. The van der Waals surface area contributed by atoms with E-state index in [0.29, 0.717) is 11.5 Å². The zero-order valence-corrected chi connectivity index (χ0v) is 17.8. The van der Waals surface area contributed by atoms with Gasteiger partial charge in [-0.05, 0) is 30.2 Å². The molecular weight excluding hydrogens is 396 g/mol. The van der Waals surface area contributed by atoms with Crippen molar-refractivity contribution in [3.63, 3.8) is 0 Å². The number of fused-ring (bicyclic) bond motifs is 2. The maximum atomic E-state index is 12.1. The Morgan fingerprint density at radius 1 is 1.17 bits per heavy atom. The molecule has 5 rings (SSSR count). The molecule has 1 fully saturated rings. The molecule has 0 amide bonds. The predicted molar refractivity (Wildman–Crippen MR) is 120 cm³/mol. The molecule has 0 saturated carbocycles. The summed E-state index contributed by atoms with van der Waals surface area (Å²) in [4.78, 5) is 18.4. The fourth-order valence-corrected chi connectivity index (χ4v) is 5.66. The highest BCUT2D eigenvalue weighted by Crippen LogP contribution is 2.32. The van der Waals surface area contributed by atoms with E-state index in [1.807, 2.05) is 30.4 Å². The molecule has 1 saturated heterocycles. The average Bonchev–Trinajstić information content (AvgIpc) is 3.18. The van der Waals surface area contributed by atoms with Crippen LogP contribution in [0.2, 0.25) is 0 Å². The summed E-state index contributed by atoms with van der Waals surface area (Å²) in [6, 6.07) is 13.5. The molecule has 0 unspecified atom stereocenters. The number of nitrogens with zero attached hydrogens (tertiary/aromatic N) is 1. The Morgan fingerprint density at radius 2 is 1.97 bits per heavy atom. The molecule has 3 heterocycles. The van der Waals surface area contributed by atoms with Crippen LogP contribution in [-0.4, -0.2) is 23.2 Å². The number of para-hydroxylation sites is 1. The van der Waals surface area contributed by atoms with Crippen LogP contribution in [-0.2, 0) is 13.0 Å². The van der Waals surface area contributed by atoms with Crippen molar-refractivity contribution in [1.82, 2.24) is 4.98 Å². The lowest BCUT2D eigenvalue weighted by Crippen LogP contribution is -3.11. The number of nitrogens with one attached hydrogen (secondary N) is 1. The van der Waals surface area contributed by atoms with Gasteiger partial charge in [-0.2, -0.15) is 0 Å². The van der Waals surface area contributed by atoms with E-state index in [0.717, 1.165) is 60.9 Å². The molecule has 2 N–H and O–H groups in total. The number of phenolic OH excluding ortho intramolecular Hbond substituents is 1. The van der Waals surface area contributed by atoms with Crippen LogP contribution < -0.4 is 10.5 Å². The Hall–Kier alpha value is -2.70. The molecule has 154 valence electrons. The predicted octanol–water partition coefficient (Wildman–Crippen LogP) is 3.63. The Labute approximate surface area is 178 Å². The van der Waals surface area contributed by atoms with Gasteiger partial charge in [0, 0.05) is 41.8 Å². The van der Waals surface area contributed by atoms with Gasteiger partial charge in [-0.1, -0.05) is 19.1 Å². The fraction of sp³-hybridized carbons (Fsp3) is 0.333. The monoisotopic (exact) mass is 421 g/mol. The second kappa shape index (κ2) is 7.85. The number of hydrogen-bond donors (Lipinski definition) is 2. The van der Waals surface area contributed by atoms with E-state index >= 15 is 0 Å². The summed E-state index contributed by atoms with van der Waals surface area (Å²) < 4.78 is 6.61. The van der Waals surface area contributed by atoms with Gasteiger partial charge in [0.1, 0.15) is 17.9 Å². The number of aryl methyl sites for hydroxylation is 1. The first-order valence-electron chi connectivity index (χ1n) is 10.6. The first-order chi connectivity index (χ1) is 14.6. The van der Waals surface area contributed by atoms with Crippen LogP contribution in [0.1, 0.15) is 41.8 Å². The van der Waals surface area contributed by atoms with Gasteiger partial charge >= 0.3 is 5.63 Å². The number of piperidine rings is 1. The van der Waals surface area contributed by atoms with Gasteiger partial charge < -0.3 is 14.4 Å². The van der Waals surface area contributed by atoms with E-state index in [4.69, 9.17) is 9.40 Å². The van der Waals surface area contributed by atoms with E-state index in [9.17, 15) is 9.90 Å². The molecule has 0 bridgehead atoms. The van der Waals surface area contributed by atoms with Crippen molar-refractivity contribution in [3.05, 3.63) is 69.0 Å². The molecule has 5 nitrogen and oxygen atoms in total. The van der Waals surface area contributed by atoms with Gasteiger partial charge in [-0.3, -0.25) is 0 Å². The Morgan fingerprint density at radius 3 is 2.73 bits per heavy atom. The summed E-state index contributed by atoms with van der Waals surface area (Å²) in [7, 11) is 0. The highest BCUT2D eigenvalue weighted by atomic mass is 32.1. The lowest BCUT2D eigenvalue weighted by Gasteiger charge is -2.28. The quantitative estimate of drug-likeness (QED) is 0.494. The van der Waals surface area contributed by atoms with Gasteiger partial charge in [0.2, 0.25) is 0 Å². The van der Waals surface area contributed by atoms with Crippen LogP contribution in [0.3, 0.4) is 0 Å². The molecule has 1 aliphatic rings. The van der Waals surface area contributed by atoms with Crippen molar-refractivity contribution in [2.45, 2.75) is 38.6 Å². The highest BCUT2D eigenvalue weighted by molar-refractivity contribution is 7.18. The number of likely N-dealkylation sites (tertiary alicyclic amines) is 1. The molecular formula is C24H25N2O3S+. The largest absolute Gasteiger partial charge is 0.508 e. The van der Waals surface area contributed by atoms with Gasteiger partial charge in [0.25, 0.3) is 0 Å². The van der Waals surface area contributed by atoms with Crippen LogP contribution >= 0.6 is 11.3 Å². The van der Waals surface area contributed by atoms with Crippen LogP contribution in [0.25, 0.3) is 21.2 Å². The van der Waals surface area contributed by atoms with Crippen molar-refractivity contribution >= 4 is 32.5 Å². The van der Waals surface area contributed by atoms with E-state index in [2.05, 4.69) is 18.2 Å². The summed E-state index contributed by atoms with van der Waals surface area (Å²) in [5.41, 5.74) is 3.09. The third kappa shape index (κ3) is 3.61. The molecule has 30 heavy (non-hydrogen) atoms. The minimum Gasteiger partial charge on any atom is -0.508 e. The van der Waals surface area contributed by atoms with Crippen molar-refractivity contribution in [2.24, 2.45) is 0 Å². The highest BCUT2D eigenvalue weighted by Gasteiger charge is 2.26. The third-order valence-electron chi connectivity index (χ3n) is 6.20. The van der Waals surface area contributed by atoms with Crippen LogP contribution in [0.4, 0.5) is 0 Å². The summed E-state index contributed by atoms with van der Waals surface area (Å²) in [6.45, 7) is 4.92. The third-order valence-corrected chi connectivity index (χ3v) is 7.40. The fourth-order valence-electron chi connectivity index (χ4n) is 4.52. The van der Waals surface area contributed by atoms with Crippen molar-refractivity contribution in [2.75, 3.05) is 13.1 Å². The standard InChI is InChI=1S/C24H24N2O3S/c1-2-15-11-18-17(12-23(28)29-21(18)13-20(15)27)14-26-9-7-16(8-10-26)24-25-19-5-3-4-6-22(19)30-24/h3-6,11-13,16,27H,2,7-10,14H2,1H3/p+1. The molecule has 6 heteroatoms. The summed E-state index contributed by atoms with van der Waals surface area (Å²) in [6.07, 6.45) is 2.95. The molecule has 2 aromatic heterocycles. The van der Waals surface area contributed by atoms with Gasteiger partial charge in [0.15, 0.2) is 0 Å². The van der Waals surface area contributed by atoms with Crippen LogP contribution in [0.5, 0.6) is 5.75 Å². The minimum absolute atomic E-state index is 0.189. The first-order valence-corrected chi connectivity index (χ1v) is 11.4. The zero-order chi connectivity index (χ0) is 20.7. The van der Waals surface area contributed by atoms with Gasteiger partial charge in [-0.25, -0.2) is 9.78 Å². The average molecular weight is 422 g/mol. The molecule has 4 aromatic rings. The molecule has 0 aliphatic carbocycles.